The van der Waals surface area contributed by atoms with E-state index in [1.807, 2.05) is 16.0 Å². The van der Waals surface area contributed by atoms with Crippen LogP contribution in [0.2, 0.25) is 0 Å². The Labute approximate surface area is 661 Å². The van der Waals surface area contributed by atoms with Crippen LogP contribution in [0.25, 0.3) is 10.9 Å². The normalized spacial score (nSPS) is 22.2. The van der Waals surface area contributed by atoms with Crippen LogP contribution in [0.15, 0.2) is 30.5 Å². The molecular formula is C72H110N16O27. The van der Waals surface area contributed by atoms with Gasteiger partial charge in [0, 0.05) is 56.9 Å². The van der Waals surface area contributed by atoms with Gasteiger partial charge in [0.2, 0.25) is 82.7 Å². The molecule has 0 saturated carbocycles. The zero-order valence-electron chi connectivity index (χ0n) is 65.3. The molecular weight excluding hydrogens is 1520 g/mol. The molecule has 1 aliphatic rings. The number of unbranched alkanes of at least 4 members (excludes halogenated alkanes) is 4. The number of aromatic nitrogens is 1. The Hall–Kier alpha value is -11.5. The second kappa shape index (κ2) is 49.2. The summed E-state index contributed by atoms with van der Waals surface area (Å²) in [6.07, 6.45) is -5.58. The molecule has 43 nitrogen and oxygen atoms in total. The molecule has 14 amide bonds. The van der Waals surface area contributed by atoms with Crippen LogP contribution in [0.1, 0.15) is 150 Å². The number of benzene rings is 1. The highest BCUT2D eigenvalue weighted by atomic mass is 16.5. The van der Waals surface area contributed by atoms with E-state index in [4.69, 9.17) is 20.9 Å². The van der Waals surface area contributed by atoms with Crippen LogP contribution < -0.4 is 75.3 Å². The van der Waals surface area contributed by atoms with Crippen molar-refractivity contribution in [2.24, 2.45) is 23.3 Å². The Morgan fingerprint density at radius 1 is 0.635 bits per heavy atom. The lowest BCUT2D eigenvalue weighted by molar-refractivity contribution is -0.159. The number of nitrogens with one attached hydrogen (secondary N) is 13. The summed E-state index contributed by atoms with van der Waals surface area (Å²) in [6, 6.07) is -15.4. The molecule has 0 aliphatic carbocycles. The first-order valence-corrected chi connectivity index (χ1v) is 37.5. The van der Waals surface area contributed by atoms with E-state index in [0.717, 1.165) is 53.7 Å². The lowest BCUT2D eigenvalue weighted by Gasteiger charge is -2.32. The van der Waals surface area contributed by atoms with Crippen LogP contribution >= 0.6 is 0 Å². The lowest BCUT2D eigenvalue weighted by atomic mass is 9.98. The van der Waals surface area contributed by atoms with E-state index in [9.17, 15) is 122 Å². The van der Waals surface area contributed by atoms with Crippen LogP contribution in [0.3, 0.4) is 0 Å². The number of nitrogens with two attached hydrogens (primary N) is 2. The number of primary amides is 1. The molecule has 2 aromatic rings. The number of hydrogen-bond acceptors (Lipinski definition) is 24. The van der Waals surface area contributed by atoms with Crippen molar-refractivity contribution in [2.45, 2.75) is 235 Å². The predicted molar refractivity (Wildman–Crippen MR) is 401 cm³/mol. The summed E-state index contributed by atoms with van der Waals surface area (Å²) in [7, 11) is 1.72. The second-order valence-electron chi connectivity index (χ2n) is 28.0. The van der Waals surface area contributed by atoms with E-state index in [-0.39, 0.29) is 45.1 Å². The van der Waals surface area contributed by atoms with E-state index in [0.29, 0.717) is 40.1 Å². The molecule has 1 saturated heterocycles. The van der Waals surface area contributed by atoms with Crippen LogP contribution in [0.4, 0.5) is 0 Å². The summed E-state index contributed by atoms with van der Waals surface area (Å²) in [4.78, 5) is 264. The van der Waals surface area contributed by atoms with Gasteiger partial charge >= 0.3 is 29.8 Å². The maximum absolute atomic E-state index is 15.0. The molecule has 43 heteroatoms. The number of aromatic amines is 1. The number of methoxy groups -OCH3 is 1. The highest BCUT2D eigenvalue weighted by molar-refractivity contribution is 6.02. The molecule has 0 bridgehead atoms. The molecule has 1 fully saturated rings. The fraction of sp³-hybridized carbons (Fsp3) is 0.625. The van der Waals surface area contributed by atoms with Crippen molar-refractivity contribution >= 4 is 123 Å². The molecule has 23 N–H and O–H groups in total. The third-order valence-electron chi connectivity index (χ3n) is 18.9. The molecule has 3 rings (SSSR count). The molecule has 115 heavy (non-hydrogen) atoms. The molecule has 640 valence electrons. The zero-order valence-corrected chi connectivity index (χ0v) is 65.3. The number of aliphatic hydroxyl groups is 2. The number of cyclic esters (lactones) is 1. The summed E-state index contributed by atoms with van der Waals surface area (Å²) in [6.45, 7) is 5.50. The van der Waals surface area contributed by atoms with Crippen molar-refractivity contribution in [1.29, 1.82) is 0 Å². The van der Waals surface area contributed by atoms with Gasteiger partial charge in [-0.25, -0.2) is 9.59 Å². The number of carboxylic acids is 4. The molecule has 1 aromatic heterocycles. The number of aliphatic hydroxyl groups excluding tert-OH is 2. The molecule has 16 atom stereocenters. The first-order valence-electron chi connectivity index (χ1n) is 37.5. The summed E-state index contributed by atoms with van der Waals surface area (Å²) in [5.41, 5.74) is 12.3. The van der Waals surface area contributed by atoms with Crippen molar-refractivity contribution in [3.05, 3.63) is 36.0 Å². The number of rotatable bonds is 37. The Morgan fingerprint density at radius 2 is 1.23 bits per heavy atom. The SMILES string of the molecule is CCC(C)CCCCCCC(=O)NC(Cc1c[nH]c2ccccc12)C(=O)NC(CCC(=O)O)C(=O)NC(C(=O)NC1C(=O)N(C)CC(=O)NC(C)C(=O)NC(CC(=O)O)C(=O)NC(CCCCN)C(=O)NC(C(OC)C(=O)O)C(=O)NCC(=O)NC(CO)C(=O)NC(CCC(=O)O)C(=O)NC(C(C)CC)C(=O)OC1C)C(O)C(N)=O. The van der Waals surface area contributed by atoms with E-state index >= 15 is 0 Å². The minimum atomic E-state index is -2.79. The number of aliphatic carboxylic acids is 4. The third-order valence-corrected chi connectivity index (χ3v) is 18.9. The van der Waals surface area contributed by atoms with Crippen LogP contribution in [-0.4, -0.2) is 278 Å². The number of carboxylic acid groups (broad SMARTS) is 4. The smallest absolute Gasteiger partial charge is 0.335 e. The van der Waals surface area contributed by atoms with E-state index in [2.05, 4.69) is 66.7 Å². The maximum atomic E-state index is 15.0. The molecule has 1 aliphatic heterocycles. The number of fused-ring (bicyclic) bond motifs is 1. The quantitative estimate of drug-likeness (QED) is 0.0221. The van der Waals surface area contributed by atoms with Gasteiger partial charge in [-0.15, -0.1) is 0 Å². The Balaban J connectivity index is 2.25. The largest absolute Gasteiger partial charge is 0.481 e. The van der Waals surface area contributed by atoms with Crippen molar-refractivity contribution in [1.82, 2.24) is 73.7 Å². The monoisotopic (exact) mass is 1630 g/mol. The standard InChI is InChI=1S/C72H110N16O27/c1-9-35(3)19-13-11-12-14-23-48(90)78-45(29-39-31-75-41-21-16-15-20-40(39)41)65(105)81-44(25-27-52(95)96)64(104)86-56(58(99)60(74)100)69(109)85-55-38(6)115-72(113)54(36(4)10-2)84-63(103)43(24-26-51(93)94)82-67(107)47(34-89)79-49(91)32-76-68(108)57(59(114-8)71(111)112)87-62(102)42(22-17-18-28-73)80-66(106)46(30-53(97)98)83-61(101)37(5)77-50(92)33-88(7)70(55)110/h15-16,20-21,31,35-38,42-47,54-59,75,89,99H,9-14,17-19,22-30,32-34,73H2,1-8H3,(H2,74,100)(H,76,108)(H,77,92)(H,78,90)(H,79,91)(H,80,106)(H,81,105)(H,82,107)(H,83,101)(H,84,103)(H,85,109)(H,86,104)(H,87,102)(H,93,94)(H,95,96)(H,97,98)(H,111,112). The number of ether oxygens (including phenoxy) is 2. The zero-order chi connectivity index (χ0) is 86.5. The fourth-order valence-corrected chi connectivity index (χ4v) is 11.8. The van der Waals surface area contributed by atoms with E-state index in [1.165, 1.54) is 13.8 Å². The topological polar surface area (TPSA) is 680 Å². The Kier molecular flexibility index (Phi) is 41.8. The van der Waals surface area contributed by atoms with Gasteiger partial charge in [0.05, 0.1) is 26.1 Å². The minimum absolute atomic E-state index is 0.0135. The van der Waals surface area contributed by atoms with Gasteiger partial charge in [0.1, 0.15) is 72.6 Å². The number of amides is 14. The maximum Gasteiger partial charge on any atom is 0.335 e. The number of hydrogen-bond donors (Lipinski definition) is 21. The van der Waals surface area contributed by atoms with Gasteiger partial charge in [0.25, 0.3) is 0 Å². The van der Waals surface area contributed by atoms with Gasteiger partial charge in [0.15, 0.2) is 12.2 Å². The van der Waals surface area contributed by atoms with Crippen LogP contribution in [-0.2, 0) is 107 Å². The minimum Gasteiger partial charge on any atom is -0.481 e. The first-order chi connectivity index (χ1) is 54.2. The van der Waals surface area contributed by atoms with Gasteiger partial charge in [-0.3, -0.25) is 81.5 Å². The number of H-pyrrole nitrogens is 1. The first kappa shape index (κ1) is 97.7. The van der Waals surface area contributed by atoms with Gasteiger partial charge in [-0.05, 0) is 82.4 Å². The third kappa shape index (κ3) is 32.9. The highest BCUT2D eigenvalue weighted by Gasteiger charge is 2.44. The molecule has 16 unspecified atom stereocenters. The van der Waals surface area contributed by atoms with Crippen LogP contribution in [0.5, 0.6) is 0 Å². The molecule has 2 heterocycles. The van der Waals surface area contributed by atoms with Crippen molar-refractivity contribution in [2.75, 3.05) is 40.4 Å². The average molecular weight is 1630 g/mol. The highest BCUT2D eigenvalue weighted by Crippen LogP contribution is 2.22. The summed E-state index contributed by atoms with van der Waals surface area (Å²) in [5.74, 6) is -27.4. The van der Waals surface area contributed by atoms with Crippen molar-refractivity contribution in [3.63, 3.8) is 0 Å². The number of carbonyl (C=O) groups is 19. The summed E-state index contributed by atoms with van der Waals surface area (Å²) in [5, 5.41) is 88.3. The predicted octanol–water partition coefficient (Wildman–Crippen LogP) is -5.71. The molecule has 0 spiro atoms. The Bertz CT molecular complexity index is 3760. The number of para-hydroxylation sites is 1. The van der Waals surface area contributed by atoms with Crippen molar-refractivity contribution in [3.8, 4) is 0 Å². The van der Waals surface area contributed by atoms with Gasteiger partial charge in [-0.1, -0.05) is 84.4 Å². The Morgan fingerprint density at radius 3 is 1.83 bits per heavy atom. The lowest BCUT2D eigenvalue weighted by Crippen LogP contribution is -2.64. The summed E-state index contributed by atoms with van der Waals surface area (Å²) >= 11 is 0. The van der Waals surface area contributed by atoms with Gasteiger partial charge < -0.3 is 125 Å². The number of carbonyl (C=O) groups excluding carboxylic acids is 15. The number of likely N-dealkylation sites (N-methyl/N-ethyl adjacent to an activating group) is 1. The second-order valence-corrected chi connectivity index (χ2v) is 28.0. The number of esters is 1. The van der Waals surface area contributed by atoms with E-state index < -0.39 is 255 Å². The number of nitrogens with zero attached hydrogens (tertiary/aromatic N) is 1. The average Bonchev–Trinajstić information content (AvgIpc) is 1.80. The molecule has 0 radical (unpaired) electrons. The van der Waals surface area contributed by atoms with E-state index in [1.54, 1.807) is 30.5 Å². The fourth-order valence-electron chi connectivity index (χ4n) is 11.8. The van der Waals surface area contributed by atoms with Gasteiger partial charge in [-0.2, -0.15) is 0 Å². The summed E-state index contributed by atoms with van der Waals surface area (Å²) < 4.78 is 10.7. The van der Waals surface area contributed by atoms with Crippen molar-refractivity contribution < 1.29 is 131 Å². The van der Waals surface area contributed by atoms with Crippen LogP contribution in [0, 0.1) is 11.8 Å². The molecule has 1 aromatic carbocycles.